The van der Waals surface area contributed by atoms with Gasteiger partial charge >= 0.3 is 0 Å². The number of benzene rings is 2. The molecular formula is C23H20N2O2. The third-order valence-electron chi connectivity index (χ3n) is 4.69. The van der Waals surface area contributed by atoms with Crippen LogP contribution in [0.1, 0.15) is 27.2 Å². The fourth-order valence-corrected chi connectivity index (χ4v) is 3.26. The Kier molecular flexibility index (Phi) is 4.47. The normalized spacial score (nSPS) is 10.9. The molecule has 4 rings (SSSR count). The zero-order valence-electron chi connectivity index (χ0n) is 15.3. The van der Waals surface area contributed by atoms with Crippen LogP contribution in [0.2, 0.25) is 0 Å². The van der Waals surface area contributed by atoms with Gasteiger partial charge in [-0.05, 0) is 37.6 Å². The topological polar surface area (TPSA) is 55.1 Å². The quantitative estimate of drug-likeness (QED) is 0.557. The van der Waals surface area contributed by atoms with E-state index in [1.54, 1.807) is 6.26 Å². The lowest BCUT2D eigenvalue weighted by molar-refractivity contribution is 0.0949. The summed E-state index contributed by atoms with van der Waals surface area (Å²) in [5, 5.41) is 3.81. The van der Waals surface area contributed by atoms with Gasteiger partial charge in [0.25, 0.3) is 5.91 Å². The molecule has 2 aromatic carbocycles. The summed E-state index contributed by atoms with van der Waals surface area (Å²) in [5.41, 5.74) is 5.36. The molecule has 0 bridgehead atoms. The molecule has 27 heavy (non-hydrogen) atoms. The van der Waals surface area contributed by atoms with Crippen molar-refractivity contribution in [3.05, 3.63) is 89.4 Å². The summed E-state index contributed by atoms with van der Waals surface area (Å²) in [4.78, 5) is 17.9. The Morgan fingerprint density at radius 1 is 1.00 bits per heavy atom. The molecule has 4 heteroatoms. The number of carbonyl (C=O) groups excluding carboxylic acids is 1. The van der Waals surface area contributed by atoms with Crippen LogP contribution in [0.25, 0.3) is 22.2 Å². The molecule has 0 radical (unpaired) electrons. The van der Waals surface area contributed by atoms with Crippen LogP contribution in [-0.2, 0) is 6.54 Å². The van der Waals surface area contributed by atoms with Crippen molar-refractivity contribution in [2.45, 2.75) is 20.4 Å². The fraction of sp³-hybridized carbons (Fsp3) is 0.130. The second kappa shape index (κ2) is 7.08. The lowest BCUT2D eigenvalue weighted by Gasteiger charge is -2.14. The van der Waals surface area contributed by atoms with Crippen LogP contribution in [0.15, 0.2) is 71.3 Å². The predicted molar refractivity (Wildman–Crippen MR) is 107 cm³/mol. The van der Waals surface area contributed by atoms with E-state index in [1.807, 2.05) is 55.5 Å². The van der Waals surface area contributed by atoms with Crippen molar-refractivity contribution in [2.75, 3.05) is 0 Å². The number of amides is 1. The second-order valence-corrected chi connectivity index (χ2v) is 6.61. The molecule has 0 spiro atoms. The Labute approximate surface area is 157 Å². The van der Waals surface area contributed by atoms with Crippen LogP contribution in [0, 0.1) is 13.8 Å². The molecule has 2 aromatic heterocycles. The van der Waals surface area contributed by atoms with Crippen molar-refractivity contribution in [2.24, 2.45) is 0 Å². The van der Waals surface area contributed by atoms with Crippen molar-refractivity contribution in [1.29, 1.82) is 0 Å². The Balaban J connectivity index is 1.81. The first kappa shape index (κ1) is 17.0. The molecule has 1 N–H and O–H groups in total. The number of aromatic nitrogens is 1. The maximum absolute atomic E-state index is 13.0. The van der Waals surface area contributed by atoms with Gasteiger partial charge in [-0.2, -0.15) is 0 Å². The number of carbonyl (C=O) groups is 1. The highest BCUT2D eigenvalue weighted by molar-refractivity contribution is 6.08. The van der Waals surface area contributed by atoms with E-state index in [9.17, 15) is 4.79 Å². The molecule has 1 amide bonds. The zero-order chi connectivity index (χ0) is 18.8. The molecule has 0 atom stereocenters. The molecule has 0 aliphatic carbocycles. The molecular weight excluding hydrogens is 336 g/mol. The minimum Gasteiger partial charge on any atom is -0.467 e. The maximum Gasteiger partial charge on any atom is 0.252 e. The highest BCUT2D eigenvalue weighted by Gasteiger charge is 2.18. The summed E-state index contributed by atoms with van der Waals surface area (Å²) in [7, 11) is 0. The summed E-state index contributed by atoms with van der Waals surface area (Å²) < 4.78 is 5.31. The van der Waals surface area contributed by atoms with Crippen LogP contribution in [0.4, 0.5) is 0 Å². The Morgan fingerprint density at radius 3 is 2.52 bits per heavy atom. The number of aryl methyl sites for hydroxylation is 1. The van der Waals surface area contributed by atoms with Gasteiger partial charge in [-0.25, -0.2) is 4.98 Å². The first-order chi connectivity index (χ1) is 13.1. The van der Waals surface area contributed by atoms with E-state index < -0.39 is 0 Å². The van der Waals surface area contributed by atoms with E-state index in [-0.39, 0.29) is 5.91 Å². The number of hydrogen-bond acceptors (Lipinski definition) is 3. The highest BCUT2D eigenvalue weighted by atomic mass is 16.3. The third-order valence-corrected chi connectivity index (χ3v) is 4.69. The van der Waals surface area contributed by atoms with Gasteiger partial charge in [0.1, 0.15) is 5.76 Å². The molecule has 0 unspecified atom stereocenters. The Bertz CT molecular complexity index is 1100. The van der Waals surface area contributed by atoms with Crippen LogP contribution < -0.4 is 5.32 Å². The number of nitrogens with one attached hydrogen (secondary N) is 1. The number of rotatable bonds is 4. The highest BCUT2D eigenvalue weighted by Crippen LogP contribution is 2.29. The molecule has 0 saturated heterocycles. The fourth-order valence-electron chi connectivity index (χ4n) is 3.26. The molecule has 0 aliphatic rings. The molecule has 4 nitrogen and oxygen atoms in total. The van der Waals surface area contributed by atoms with E-state index in [0.717, 1.165) is 33.5 Å². The minimum atomic E-state index is -0.129. The number of hydrogen-bond donors (Lipinski definition) is 1. The molecule has 0 saturated carbocycles. The number of furan rings is 1. The number of para-hydroxylation sites is 1. The van der Waals surface area contributed by atoms with Crippen LogP contribution in [-0.4, -0.2) is 10.9 Å². The number of pyridine rings is 1. The molecule has 134 valence electrons. The SMILES string of the molecule is Cc1ccc(-c2nc3ccccc3c(C(=O)NCc3ccco3)c2C)cc1. The van der Waals surface area contributed by atoms with Gasteiger partial charge in [-0.15, -0.1) is 0 Å². The van der Waals surface area contributed by atoms with Gasteiger partial charge in [-0.1, -0.05) is 48.0 Å². The van der Waals surface area contributed by atoms with E-state index in [2.05, 4.69) is 24.4 Å². The smallest absolute Gasteiger partial charge is 0.252 e. The first-order valence-corrected chi connectivity index (χ1v) is 8.90. The molecule has 4 aromatic rings. The van der Waals surface area contributed by atoms with E-state index in [1.165, 1.54) is 5.56 Å². The van der Waals surface area contributed by atoms with Crippen molar-refractivity contribution >= 4 is 16.8 Å². The van der Waals surface area contributed by atoms with Gasteiger partial charge in [0.2, 0.25) is 0 Å². The average molecular weight is 356 g/mol. The largest absolute Gasteiger partial charge is 0.467 e. The van der Waals surface area contributed by atoms with Gasteiger partial charge in [0, 0.05) is 10.9 Å². The van der Waals surface area contributed by atoms with E-state index in [0.29, 0.717) is 12.1 Å². The monoisotopic (exact) mass is 356 g/mol. The summed E-state index contributed by atoms with van der Waals surface area (Å²) >= 11 is 0. The Morgan fingerprint density at radius 2 is 1.78 bits per heavy atom. The van der Waals surface area contributed by atoms with Gasteiger partial charge in [0.15, 0.2) is 0 Å². The van der Waals surface area contributed by atoms with Crippen LogP contribution >= 0.6 is 0 Å². The van der Waals surface area contributed by atoms with E-state index >= 15 is 0 Å². The average Bonchev–Trinajstić information content (AvgIpc) is 3.20. The third kappa shape index (κ3) is 3.34. The van der Waals surface area contributed by atoms with Gasteiger partial charge in [0.05, 0.1) is 29.6 Å². The van der Waals surface area contributed by atoms with Crippen molar-refractivity contribution in [3.63, 3.8) is 0 Å². The minimum absolute atomic E-state index is 0.129. The standard InChI is InChI=1S/C23H20N2O2/c1-15-9-11-17(12-10-15)22-16(2)21(19-7-3-4-8-20(19)25-22)23(26)24-14-18-6-5-13-27-18/h3-13H,14H2,1-2H3,(H,24,26). The molecule has 0 aliphatic heterocycles. The van der Waals surface area contributed by atoms with Crippen LogP contribution in [0.5, 0.6) is 0 Å². The summed E-state index contributed by atoms with van der Waals surface area (Å²) in [6.07, 6.45) is 1.60. The van der Waals surface area contributed by atoms with Crippen molar-refractivity contribution in [1.82, 2.24) is 10.3 Å². The van der Waals surface area contributed by atoms with Crippen molar-refractivity contribution < 1.29 is 9.21 Å². The number of nitrogens with zero attached hydrogens (tertiary/aromatic N) is 1. The summed E-state index contributed by atoms with van der Waals surface area (Å²) in [6.45, 7) is 4.36. The first-order valence-electron chi connectivity index (χ1n) is 8.90. The summed E-state index contributed by atoms with van der Waals surface area (Å²) in [6, 6.07) is 19.6. The maximum atomic E-state index is 13.0. The summed E-state index contributed by atoms with van der Waals surface area (Å²) in [5.74, 6) is 0.592. The lowest BCUT2D eigenvalue weighted by atomic mass is 9.97. The van der Waals surface area contributed by atoms with Crippen molar-refractivity contribution in [3.8, 4) is 11.3 Å². The number of fused-ring (bicyclic) bond motifs is 1. The van der Waals surface area contributed by atoms with Gasteiger partial charge in [-0.3, -0.25) is 4.79 Å². The zero-order valence-corrected chi connectivity index (χ0v) is 15.3. The van der Waals surface area contributed by atoms with E-state index in [4.69, 9.17) is 9.40 Å². The Hall–Kier alpha value is -3.40. The molecule has 0 fully saturated rings. The predicted octanol–water partition coefficient (Wildman–Crippen LogP) is 5.04. The molecule has 2 heterocycles. The van der Waals surface area contributed by atoms with Crippen LogP contribution in [0.3, 0.4) is 0 Å². The lowest BCUT2D eigenvalue weighted by Crippen LogP contribution is -2.24. The van der Waals surface area contributed by atoms with Gasteiger partial charge < -0.3 is 9.73 Å². The second-order valence-electron chi connectivity index (χ2n) is 6.61.